The van der Waals surface area contributed by atoms with E-state index in [1.807, 2.05) is 18.3 Å². The molecule has 0 spiro atoms. The molecule has 4 nitrogen and oxygen atoms in total. The van der Waals surface area contributed by atoms with Crippen LogP contribution in [0.2, 0.25) is 5.15 Å². The predicted molar refractivity (Wildman–Crippen MR) is 83.2 cm³/mol. The summed E-state index contributed by atoms with van der Waals surface area (Å²) in [6, 6.07) is 9.11. The summed E-state index contributed by atoms with van der Waals surface area (Å²) >= 11 is 9.24. The first-order valence-electron chi connectivity index (χ1n) is 5.83. The van der Waals surface area contributed by atoms with Crippen LogP contribution in [0.1, 0.15) is 10.4 Å². The second-order valence-electron chi connectivity index (χ2n) is 4.23. The molecule has 2 N–H and O–H groups in total. The van der Waals surface area contributed by atoms with Crippen molar-refractivity contribution in [2.75, 3.05) is 5.32 Å². The number of amides is 1. The first-order chi connectivity index (χ1) is 9.63. The first kappa shape index (κ1) is 13.1. The molecule has 20 heavy (non-hydrogen) atoms. The van der Waals surface area contributed by atoms with Crippen LogP contribution in [0.25, 0.3) is 10.9 Å². The molecule has 0 aliphatic heterocycles. The Hall–Kier alpha value is -1.85. The van der Waals surface area contributed by atoms with Gasteiger partial charge in [-0.25, -0.2) is 4.98 Å². The van der Waals surface area contributed by atoms with Crippen molar-refractivity contribution < 1.29 is 4.79 Å². The highest BCUT2D eigenvalue weighted by Crippen LogP contribution is 2.24. The molecule has 0 aliphatic carbocycles. The number of hydrogen-bond donors (Lipinski definition) is 2. The lowest BCUT2D eigenvalue weighted by Crippen LogP contribution is -2.12. The Labute approximate surface area is 128 Å². The Kier molecular flexibility index (Phi) is 3.46. The number of aromatic nitrogens is 2. The minimum absolute atomic E-state index is 0.233. The van der Waals surface area contributed by atoms with Crippen molar-refractivity contribution in [3.05, 3.63) is 57.9 Å². The number of nitrogens with zero attached hydrogens (tertiary/aromatic N) is 1. The normalized spacial score (nSPS) is 10.7. The number of hydrogen-bond acceptors (Lipinski definition) is 2. The molecule has 2 aromatic heterocycles. The Bertz CT molecular complexity index is 800. The summed E-state index contributed by atoms with van der Waals surface area (Å²) in [5.41, 5.74) is 1.93. The van der Waals surface area contributed by atoms with Gasteiger partial charge in [-0.1, -0.05) is 17.7 Å². The lowest BCUT2D eigenvalue weighted by Gasteiger charge is -2.07. The van der Waals surface area contributed by atoms with Crippen LogP contribution in [0.15, 0.2) is 47.2 Å². The molecule has 100 valence electrons. The molecule has 3 rings (SSSR count). The number of benzene rings is 1. The third-order valence-electron chi connectivity index (χ3n) is 2.87. The standard InChI is InChI=1S/C14H9BrClN3O/c15-10-6-12(13(16)18-7-10)19-14(20)9-2-1-8-3-4-17-11(8)5-9/h1-7,17H,(H,19,20). The van der Waals surface area contributed by atoms with Crippen LogP contribution in [-0.4, -0.2) is 15.9 Å². The second kappa shape index (κ2) is 5.26. The van der Waals surface area contributed by atoms with Crippen molar-refractivity contribution in [1.29, 1.82) is 0 Å². The number of nitrogens with one attached hydrogen (secondary N) is 2. The van der Waals surface area contributed by atoms with Gasteiger partial charge in [0.2, 0.25) is 0 Å². The van der Waals surface area contributed by atoms with Gasteiger partial charge in [-0.2, -0.15) is 0 Å². The van der Waals surface area contributed by atoms with Gasteiger partial charge in [-0.05, 0) is 45.6 Å². The number of anilines is 1. The van der Waals surface area contributed by atoms with Gasteiger partial charge in [0.25, 0.3) is 5.91 Å². The van der Waals surface area contributed by atoms with E-state index in [4.69, 9.17) is 11.6 Å². The van der Waals surface area contributed by atoms with Crippen LogP contribution in [0.4, 0.5) is 5.69 Å². The van der Waals surface area contributed by atoms with E-state index in [9.17, 15) is 4.79 Å². The van der Waals surface area contributed by atoms with Crippen molar-refractivity contribution >= 4 is 50.0 Å². The fourth-order valence-electron chi connectivity index (χ4n) is 1.89. The van der Waals surface area contributed by atoms with E-state index in [0.717, 1.165) is 15.4 Å². The molecule has 0 saturated carbocycles. The second-order valence-corrected chi connectivity index (χ2v) is 5.50. The Balaban J connectivity index is 1.90. The molecule has 1 amide bonds. The van der Waals surface area contributed by atoms with Gasteiger partial charge in [0.15, 0.2) is 5.15 Å². The van der Waals surface area contributed by atoms with E-state index in [1.54, 1.807) is 24.4 Å². The van der Waals surface area contributed by atoms with E-state index >= 15 is 0 Å². The van der Waals surface area contributed by atoms with Crippen molar-refractivity contribution in [3.8, 4) is 0 Å². The third kappa shape index (κ3) is 2.55. The molecule has 6 heteroatoms. The van der Waals surface area contributed by atoms with Crippen molar-refractivity contribution in [2.45, 2.75) is 0 Å². The predicted octanol–water partition coefficient (Wildman–Crippen LogP) is 4.23. The molecule has 0 fully saturated rings. The lowest BCUT2D eigenvalue weighted by molar-refractivity contribution is 0.102. The van der Waals surface area contributed by atoms with Crippen LogP contribution in [0.5, 0.6) is 0 Å². The molecule has 1 aromatic carbocycles. The van der Waals surface area contributed by atoms with Crippen molar-refractivity contribution in [3.63, 3.8) is 0 Å². The maximum atomic E-state index is 12.2. The van der Waals surface area contributed by atoms with E-state index in [-0.39, 0.29) is 11.1 Å². The van der Waals surface area contributed by atoms with Crippen molar-refractivity contribution in [2.24, 2.45) is 0 Å². The Morgan fingerprint density at radius 1 is 1.30 bits per heavy atom. The van der Waals surface area contributed by atoms with E-state index < -0.39 is 0 Å². The summed E-state index contributed by atoms with van der Waals surface area (Å²) in [7, 11) is 0. The van der Waals surface area contributed by atoms with Crippen LogP contribution in [0, 0.1) is 0 Å². The number of carbonyl (C=O) groups is 1. The zero-order chi connectivity index (χ0) is 14.1. The third-order valence-corrected chi connectivity index (χ3v) is 3.61. The average Bonchev–Trinajstić information content (AvgIpc) is 2.90. The smallest absolute Gasteiger partial charge is 0.255 e. The Morgan fingerprint density at radius 2 is 2.15 bits per heavy atom. The summed E-state index contributed by atoms with van der Waals surface area (Å²) in [5, 5.41) is 4.06. The minimum Gasteiger partial charge on any atom is -0.361 e. The number of fused-ring (bicyclic) bond motifs is 1. The lowest BCUT2D eigenvalue weighted by atomic mass is 10.1. The highest BCUT2D eigenvalue weighted by atomic mass is 79.9. The highest BCUT2D eigenvalue weighted by molar-refractivity contribution is 9.10. The summed E-state index contributed by atoms with van der Waals surface area (Å²) in [5.74, 6) is -0.233. The van der Waals surface area contributed by atoms with Crippen LogP contribution < -0.4 is 5.32 Å². The molecule has 0 radical (unpaired) electrons. The van der Waals surface area contributed by atoms with Gasteiger partial charge in [0.05, 0.1) is 5.69 Å². The molecule has 0 atom stereocenters. The summed E-state index contributed by atoms with van der Waals surface area (Å²) < 4.78 is 0.747. The number of carbonyl (C=O) groups excluding carboxylic acids is 1. The highest BCUT2D eigenvalue weighted by Gasteiger charge is 2.10. The van der Waals surface area contributed by atoms with E-state index in [2.05, 4.69) is 31.2 Å². The van der Waals surface area contributed by atoms with Crippen LogP contribution in [-0.2, 0) is 0 Å². The minimum atomic E-state index is -0.233. The van der Waals surface area contributed by atoms with Gasteiger partial charge < -0.3 is 10.3 Å². The van der Waals surface area contributed by atoms with Gasteiger partial charge in [-0.3, -0.25) is 4.79 Å². The summed E-state index contributed by atoms with van der Waals surface area (Å²) in [6.07, 6.45) is 3.41. The zero-order valence-electron chi connectivity index (χ0n) is 10.2. The van der Waals surface area contributed by atoms with Crippen molar-refractivity contribution in [1.82, 2.24) is 9.97 Å². The molecule has 0 aliphatic rings. The zero-order valence-corrected chi connectivity index (χ0v) is 12.5. The monoisotopic (exact) mass is 349 g/mol. The van der Waals surface area contributed by atoms with E-state index in [1.165, 1.54) is 0 Å². The number of halogens is 2. The summed E-state index contributed by atoms with van der Waals surface area (Å²) in [6.45, 7) is 0. The molecule has 3 aromatic rings. The Morgan fingerprint density at radius 3 is 3.00 bits per heavy atom. The van der Waals surface area contributed by atoms with Gasteiger partial charge in [0, 0.05) is 27.9 Å². The molecular weight excluding hydrogens is 342 g/mol. The maximum Gasteiger partial charge on any atom is 0.255 e. The average molecular weight is 351 g/mol. The fourth-order valence-corrected chi connectivity index (χ4v) is 2.38. The number of rotatable bonds is 2. The summed E-state index contributed by atoms with van der Waals surface area (Å²) in [4.78, 5) is 19.3. The molecule has 0 saturated heterocycles. The number of H-pyrrole nitrogens is 1. The molecule has 0 bridgehead atoms. The molecule has 2 heterocycles. The molecular formula is C14H9BrClN3O. The largest absolute Gasteiger partial charge is 0.361 e. The topological polar surface area (TPSA) is 57.8 Å². The van der Waals surface area contributed by atoms with Crippen LogP contribution in [0.3, 0.4) is 0 Å². The molecule has 0 unspecified atom stereocenters. The van der Waals surface area contributed by atoms with E-state index in [0.29, 0.717) is 11.3 Å². The van der Waals surface area contributed by atoms with Crippen LogP contribution >= 0.6 is 27.5 Å². The first-order valence-corrected chi connectivity index (χ1v) is 7.00. The number of aromatic amines is 1. The SMILES string of the molecule is O=C(Nc1cc(Br)cnc1Cl)c1ccc2cc[nH]c2c1. The number of pyridine rings is 1. The van der Waals surface area contributed by atoms with Gasteiger partial charge in [0.1, 0.15) is 0 Å². The quantitative estimate of drug-likeness (QED) is 0.679. The van der Waals surface area contributed by atoms with Gasteiger partial charge in [-0.15, -0.1) is 0 Å². The van der Waals surface area contributed by atoms with Gasteiger partial charge >= 0.3 is 0 Å². The maximum absolute atomic E-state index is 12.2. The fraction of sp³-hybridized carbons (Fsp3) is 0.